The van der Waals surface area contributed by atoms with Crippen LogP contribution in [0.3, 0.4) is 0 Å². The molecule has 47 heavy (non-hydrogen) atoms. The second-order valence-corrected chi connectivity index (χ2v) is 12.0. The Morgan fingerprint density at radius 1 is 0.957 bits per heavy atom. The Balaban J connectivity index is 1.45. The number of esters is 1. The molecule has 1 atom stereocenters. The molecule has 0 bridgehead atoms. The number of ether oxygens (including phenoxy) is 2. The first-order chi connectivity index (χ1) is 23.0. The van der Waals surface area contributed by atoms with E-state index in [1.54, 1.807) is 42.9 Å². The van der Waals surface area contributed by atoms with Crippen molar-refractivity contribution in [1.82, 2.24) is 9.13 Å². The molecule has 9 heteroatoms. The Hall–Kier alpha value is -5.54. The van der Waals surface area contributed by atoms with Crippen molar-refractivity contribution in [3.8, 4) is 5.75 Å². The number of carbonyl (C=O) groups is 1. The van der Waals surface area contributed by atoms with Gasteiger partial charge in [-0.2, -0.15) is 0 Å². The molecule has 6 aromatic rings. The Morgan fingerprint density at radius 2 is 1.68 bits per heavy atom. The van der Waals surface area contributed by atoms with Gasteiger partial charge in [0.1, 0.15) is 11.6 Å². The van der Waals surface area contributed by atoms with E-state index in [0.717, 1.165) is 22.0 Å². The van der Waals surface area contributed by atoms with Gasteiger partial charge in [0.2, 0.25) is 0 Å². The van der Waals surface area contributed by atoms with Gasteiger partial charge in [0.15, 0.2) is 4.80 Å². The predicted octanol–water partition coefficient (Wildman–Crippen LogP) is 6.09. The maximum Gasteiger partial charge on any atom is 0.338 e. The van der Waals surface area contributed by atoms with Crippen LogP contribution in [0.2, 0.25) is 0 Å². The number of rotatable bonds is 8. The highest BCUT2D eigenvalue weighted by Crippen LogP contribution is 2.35. The monoisotopic (exact) mass is 643 g/mol. The molecule has 1 aliphatic heterocycles. The molecule has 234 valence electrons. The third-order valence-corrected chi connectivity index (χ3v) is 9.19. The predicted molar refractivity (Wildman–Crippen MR) is 181 cm³/mol. The van der Waals surface area contributed by atoms with Crippen molar-refractivity contribution in [1.29, 1.82) is 0 Å². The number of aromatic nitrogens is 2. The lowest BCUT2D eigenvalue weighted by Gasteiger charge is -2.26. The topological polar surface area (TPSA) is 74.8 Å². The summed E-state index contributed by atoms with van der Waals surface area (Å²) in [5.41, 5.74) is 4.21. The standard InChI is InChI=1S/C38H30FN3O4S/c1-3-46-37(44)33-34(24-11-5-4-6-12-24)40-38-42(35(33)25-17-19-28(45-2)20-18-25)36(43)32(47-38)21-27-23-41(31-16-10-8-14-29(27)31)22-26-13-7-9-15-30(26)39/h4-21,23,35H,3,22H2,1-2H3/b32-21-/t35-/m1/s1. The highest BCUT2D eigenvalue weighted by Gasteiger charge is 2.35. The molecule has 0 aliphatic carbocycles. The number of thiazole rings is 1. The second-order valence-electron chi connectivity index (χ2n) is 11.0. The number of methoxy groups -OCH3 is 1. The maximum atomic E-state index is 14.6. The van der Waals surface area contributed by atoms with Crippen molar-refractivity contribution < 1.29 is 18.7 Å². The van der Waals surface area contributed by atoms with Crippen LogP contribution in [0.15, 0.2) is 125 Å². The summed E-state index contributed by atoms with van der Waals surface area (Å²) in [6, 6.07) is 30.5. The summed E-state index contributed by atoms with van der Waals surface area (Å²) in [6.45, 7) is 2.26. The lowest BCUT2D eigenvalue weighted by molar-refractivity contribution is -0.138. The van der Waals surface area contributed by atoms with Crippen molar-refractivity contribution >= 4 is 40.0 Å². The Bertz CT molecular complexity index is 2340. The lowest BCUT2D eigenvalue weighted by atomic mass is 9.93. The van der Waals surface area contributed by atoms with E-state index in [9.17, 15) is 14.0 Å². The van der Waals surface area contributed by atoms with Crippen molar-refractivity contribution in [2.45, 2.75) is 19.5 Å². The first-order valence-corrected chi connectivity index (χ1v) is 16.0. The van der Waals surface area contributed by atoms with Gasteiger partial charge >= 0.3 is 5.97 Å². The molecule has 3 heterocycles. The average molecular weight is 644 g/mol. The fraction of sp³-hybridized carbons (Fsp3) is 0.132. The van der Waals surface area contributed by atoms with Crippen LogP contribution in [0.1, 0.15) is 35.2 Å². The van der Waals surface area contributed by atoms with Crippen LogP contribution < -0.4 is 19.6 Å². The summed E-state index contributed by atoms with van der Waals surface area (Å²) in [6.07, 6.45) is 3.79. The number of nitrogens with zero attached hydrogens (tertiary/aromatic N) is 3. The van der Waals surface area contributed by atoms with Gasteiger partial charge in [-0.15, -0.1) is 0 Å². The van der Waals surface area contributed by atoms with E-state index < -0.39 is 12.0 Å². The van der Waals surface area contributed by atoms with E-state index in [4.69, 9.17) is 14.5 Å². The van der Waals surface area contributed by atoms with Crippen LogP contribution in [-0.4, -0.2) is 28.8 Å². The number of para-hydroxylation sites is 1. The van der Waals surface area contributed by atoms with Crippen LogP contribution in [-0.2, 0) is 16.1 Å². The SMILES string of the molecule is CCOC(=O)C1=C(c2ccccc2)N=c2s/c(=C\c3cn(Cc4ccccc4F)c4ccccc34)c(=O)n2[C@@H]1c1ccc(OC)cc1. The molecule has 1 aliphatic rings. The number of fused-ring (bicyclic) bond motifs is 2. The molecular formula is C38H30FN3O4S. The van der Waals surface area contributed by atoms with Gasteiger partial charge < -0.3 is 14.0 Å². The molecule has 0 amide bonds. The van der Waals surface area contributed by atoms with E-state index in [0.29, 0.717) is 38.5 Å². The molecule has 2 aromatic heterocycles. The number of halogens is 1. The molecule has 0 saturated carbocycles. The summed E-state index contributed by atoms with van der Waals surface area (Å²) in [4.78, 5) is 33.5. The second kappa shape index (κ2) is 12.7. The Morgan fingerprint density at radius 3 is 2.43 bits per heavy atom. The van der Waals surface area contributed by atoms with Gasteiger partial charge in [0.05, 0.1) is 42.1 Å². The minimum Gasteiger partial charge on any atom is -0.497 e. The van der Waals surface area contributed by atoms with Gasteiger partial charge in [-0.3, -0.25) is 9.36 Å². The fourth-order valence-electron chi connectivity index (χ4n) is 6.01. The normalized spacial score (nSPS) is 14.6. The van der Waals surface area contributed by atoms with Gasteiger partial charge in [0, 0.05) is 33.8 Å². The van der Waals surface area contributed by atoms with Crippen LogP contribution >= 0.6 is 11.3 Å². The van der Waals surface area contributed by atoms with Crippen molar-refractivity contribution in [3.05, 3.63) is 163 Å². The van der Waals surface area contributed by atoms with Gasteiger partial charge in [-0.05, 0) is 42.8 Å². The highest BCUT2D eigenvalue weighted by atomic mass is 32.1. The molecule has 0 radical (unpaired) electrons. The van der Waals surface area contributed by atoms with Gasteiger partial charge in [0.25, 0.3) is 5.56 Å². The zero-order valence-corrected chi connectivity index (χ0v) is 26.5. The minimum absolute atomic E-state index is 0.168. The Kier molecular flexibility index (Phi) is 8.14. The molecule has 0 saturated heterocycles. The Labute approximate surface area is 273 Å². The van der Waals surface area contributed by atoms with E-state index in [1.165, 1.54) is 17.4 Å². The summed E-state index contributed by atoms with van der Waals surface area (Å²) < 4.78 is 29.6. The summed E-state index contributed by atoms with van der Waals surface area (Å²) in [5, 5.41) is 0.929. The number of hydrogen-bond donors (Lipinski definition) is 0. The summed E-state index contributed by atoms with van der Waals surface area (Å²) in [5.74, 6) is -0.162. The van der Waals surface area contributed by atoms with Crippen molar-refractivity contribution in [2.24, 2.45) is 4.99 Å². The van der Waals surface area contributed by atoms with E-state index in [2.05, 4.69) is 0 Å². The third kappa shape index (κ3) is 5.59. The maximum absolute atomic E-state index is 14.6. The zero-order chi connectivity index (χ0) is 32.5. The van der Waals surface area contributed by atoms with E-state index >= 15 is 0 Å². The van der Waals surface area contributed by atoms with Crippen LogP contribution in [0.25, 0.3) is 22.7 Å². The first-order valence-electron chi connectivity index (χ1n) is 15.2. The largest absolute Gasteiger partial charge is 0.497 e. The smallest absolute Gasteiger partial charge is 0.338 e. The molecule has 0 spiro atoms. The lowest BCUT2D eigenvalue weighted by Crippen LogP contribution is -2.40. The number of hydrogen-bond acceptors (Lipinski definition) is 6. The van der Waals surface area contributed by atoms with Crippen molar-refractivity contribution in [2.75, 3.05) is 13.7 Å². The zero-order valence-electron chi connectivity index (χ0n) is 25.7. The molecule has 7 rings (SSSR count). The summed E-state index contributed by atoms with van der Waals surface area (Å²) >= 11 is 1.26. The van der Waals surface area contributed by atoms with Crippen LogP contribution in [0.4, 0.5) is 4.39 Å². The van der Waals surface area contributed by atoms with Gasteiger partial charge in [-0.1, -0.05) is 90.2 Å². The fourth-order valence-corrected chi connectivity index (χ4v) is 7.01. The number of carbonyl (C=O) groups excluding carboxylic acids is 1. The third-order valence-electron chi connectivity index (χ3n) is 8.21. The molecule has 7 nitrogen and oxygen atoms in total. The first kappa shape index (κ1) is 30.1. The van der Waals surface area contributed by atoms with E-state index in [1.807, 2.05) is 89.6 Å². The molecule has 0 fully saturated rings. The van der Waals surface area contributed by atoms with Crippen LogP contribution in [0.5, 0.6) is 5.75 Å². The molecule has 4 aromatic carbocycles. The van der Waals surface area contributed by atoms with Crippen molar-refractivity contribution in [3.63, 3.8) is 0 Å². The molecule has 0 unspecified atom stereocenters. The van der Waals surface area contributed by atoms with Crippen LogP contribution in [0, 0.1) is 5.82 Å². The molecular weight excluding hydrogens is 614 g/mol. The summed E-state index contributed by atoms with van der Waals surface area (Å²) in [7, 11) is 1.59. The highest BCUT2D eigenvalue weighted by molar-refractivity contribution is 7.07. The number of benzene rings is 4. The van der Waals surface area contributed by atoms with E-state index in [-0.39, 0.29) is 23.6 Å². The minimum atomic E-state index is -0.795. The quantitative estimate of drug-likeness (QED) is 0.188. The molecule has 0 N–H and O–H groups in total. The average Bonchev–Trinajstić information content (AvgIpc) is 3.61. The van der Waals surface area contributed by atoms with Gasteiger partial charge in [-0.25, -0.2) is 14.2 Å².